The van der Waals surface area contributed by atoms with Gasteiger partial charge in [-0.3, -0.25) is 14.9 Å². The van der Waals surface area contributed by atoms with Crippen molar-refractivity contribution in [3.8, 4) is 0 Å². The molecule has 0 fully saturated rings. The minimum Gasteiger partial charge on any atom is -0.460 e. The van der Waals surface area contributed by atoms with E-state index >= 15 is 0 Å². The van der Waals surface area contributed by atoms with Crippen molar-refractivity contribution >= 4 is 11.7 Å². The molecule has 1 rings (SSSR count). The number of esters is 1. The van der Waals surface area contributed by atoms with E-state index in [9.17, 15) is 14.9 Å². The number of carbonyl (C=O) groups is 1. The molecule has 92 valence electrons. The third kappa shape index (κ3) is 4.63. The molecule has 1 aromatic carbocycles. The van der Waals surface area contributed by atoms with Gasteiger partial charge in [-0.1, -0.05) is 12.1 Å². The first-order valence-electron chi connectivity index (χ1n) is 5.23. The number of rotatable bonds is 3. The predicted molar refractivity (Wildman–Crippen MR) is 62.6 cm³/mol. The van der Waals surface area contributed by atoms with Gasteiger partial charge in [0, 0.05) is 12.1 Å². The Bertz CT molecular complexity index is 417. The highest BCUT2D eigenvalue weighted by molar-refractivity contribution is 5.73. The van der Waals surface area contributed by atoms with Crippen molar-refractivity contribution in [3.05, 3.63) is 39.9 Å². The fraction of sp³-hybridized carbons (Fsp3) is 0.417. The summed E-state index contributed by atoms with van der Waals surface area (Å²) in [7, 11) is 0. The number of nitro groups is 1. The second-order valence-electron chi connectivity index (χ2n) is 4.69. The van der Waals surface area contributed by atoms with Crippen molar-refractivity contribution < 1.29 is 14.5 Å². The largest absolute Gasteiger partial charge is 0.460 e. The molecule has 0 spiro atoms. The Labute approximate surface area is 99.5 Å². The van der Waals surface area contributed by atoms with Crippen LogP contribution in [0, 0.1) is 10.1 Å². The molecule has 0 aliphatic rings. The second-order valence-corrected chi connectivity index (χ2v) is 4.69. The molecule has 0 saturated heterocycles. The van der Waals surface area contributed by atoms with Gasteiger partial charge >= 0.3 is 5.97 Å². The number of ether oxygens (including phenoxy) is 1. The van der Waals surface area contributed by atoms with E-state index in [-0.39, 0.29) is 18.1 Å². The molecule has 5 heteroatoms. The molecule has 0 aliphatic carbocycles. The van der Waals surface area contributed by atoms with Crippen LogP contribution in [0.5, 0.6) is 0 Å². The summed E-state index contributed by atoms with van der Waals surface area (Å²) in [5.74, 6) is -0.341. The Morgan fingerprint density at radius 1 is 1.29 bits per heavy atom. The van der Waals surface area contributed by atoms with E-state index in [0.717, 1.165) is 0 Å². The molecule has 0 atom stereocenters. The fourth-order valence-corrected chi connectivity index (χ4v) is 1.28. The number of non-ortho nitro benzene ring substituents is 1. The molecule has 0 heterocycles. The first kappa shape index (κ1) is 13.2. The van der Waals surface area contributed by atoms with Gasteiger partial charge in [-0.15, -0.1) is 0 Å². The van der Waals surface area contributed by atoms with Crippen LogP contribution >= 0.6 is 0 Å². The third-order valence-corrected chi connectivity index (χ3v) is 1.92. The Hall–Kier alpha value is -1.91. The van der Waals surface area contributed by atoms with Crippen molar-refractivity contribution in [2.75, 3.05) is 0 Å². The van der Waals surface area contributed by atoms with Crippen LogP contribution in [-0.2, 0) is 16.0 Å². The Morgan fingerprint density at radius 2 is 1.82 bits per heavy atom. The standard InChI is InChI=1S/C12H15NO4/c1-12(2,3)17-11(14)8-9-4-6-10(7-5-9)13(15)16/h4-7H,8H2,1-3H3. The molecule has 0 amide bonds. The van der Waals surface area contributed by atoms with E-state index in [1.54, 1.807) is 32.9 Å². The fourth-order valence-electron chi connectivity index (χ4n) is 1.28. The van der Waals surface area contributed by atoms with E-state index < -0.39 is 10.5 Å². The highest BCUT2D eigenvalue weighted by atomic mass is 16.6. The Balaban J connectivity index is 2.64. The average molecular weight is 237 g/mol. The average Bonchev–Trinajstić information content (AvgIpc) is 2.15. The van der Waals surface area contributed by atoms with E-state index in [4.69, 9.17) is 4.74 Å². The lowest BCUT2D eigenvalue weighted by molar-refractivity contribution is -0.384. The van der Waals surface area contributed by atoms with Crippen LogP contribution in [0.3, 0.4) is 0 Å². The first-order valence-corrected chi connectivity index (χ1v) is 5.23. The lowest BCUT2D eigenvalue weighted by atomic mass is 10.1. The smallest absolute Gasteiger partial charge is 0.310 e. The quantitative estimate of drug-likeness (QED) is 0.460. The number of benzene rings is 1. The van der Waals surface area contributed by atoms with Gasteiger partial charge in [0.25, 0.3) is 5.69 Å². The van der Waals surface area contributed by atoms with E-state index in [2.05, 4.69) is 0 Å². The highest BCUT2D eigenvalue weighted by Crippen LogP contribution is 2.14. The SMILES string of the molecule is CC(C)(C)OC(=O)Cc1ccc([N+](=O)[O-])cc1. The van der Waals surface area contributed by atoms with Crippen molar-refractivity contribution in [1.82, 2.24) is 0 Å². The molecule has 0 N–H and O–H groups in total. The zero-order chi connectivity index (χ0) is 13.1. The van der Waals surface area contributed by atoms with Crippen LogP contribution in [0.4, 0.5) is 5.69 Å². The lowest BCUT2D eigenvalue weighted by Gasteiger charge is -2.19. The van der Waals surface area contributed by atoms with Crippen molar-refractivity contribution in [2.24, 2.45) is 0 Å². The summed E-state index contributed by atoms with van der Waals surface area (Å²) in [6.45, 7) is 5.38. The molecule has 5 nitrogen and oxygen atoms in total. The number of carbonyl (C=O) groups excluding carboxylic acids is 1. The van der Waals surface area contributed by atoms with Crippen LogP contribution in [0.2, 0.25) is 0 Å². The zero-order valence-corrected chi connectivity index (χ0v) is 10.1. The number of hydrogen-bond donors (Lipinski definition) is 0. The highest BCUT2D eigenvalue weighted by Gasteiger charge is 2.16. The van der Waals surface area contributed by atoms with Gasteiger partial charge in [0.15, 0.2) is 0 Å². The van der Waals surface area contributed by atoms with Gasteiger partial charge in [0.1, 0.15) is 5.60 Å². The molecule has 0 aliphatic heterocycles. The maximum absolute atomic E-state index is 11.5. The van der Waals surface area contributed by atoms with Crippen LogP contribution < -0.4 is 0 Å². The number of nitrogens with zero attached hydrogens (tertiary/aromatic N) is 1. The molecule has 0 bridgehead atoms. The minimum absolute atomic E-state index is 0.0120. The van der Waals surface area contributed by atoms with E-state index in [1.807, 2.05) is 0 Å². The molecular formula is C12H15NO4. The van der Waals surface area contributed by atoms with Crippen molar-refractivity contribution in [3.63, 3.8) is 0 Å². The summed E-state index contributed by atoms with van der Waals surface area (Å²) >= 11 is 0. The maximum atomic E-state index is 11.5. The molecule has 17 heavy (non-hydrogen) atoms. The number of nitro benzene ring substituents is 1. The normalized spacial score (nSPS) is 11.0. The zero-order valence-electron chi connectivity index (χ0n) is 10.1. The number of hydrogen-bond acceptors (Lipinski definition) is 4. The summed E-state index contributed by atoms with van der Waals surface area (Å²) in [5, 5.41) is 10.4. The molecular weight excluding hydrogens is 222 g/mol. The second kappa shape index (κ2) is 4.95. The van der Waals surface area contributed by atoms with Crippen LogP contribution in [0.1, 0.15) is 26.3 Å². The molecule has 1 aromatic rings. The topological polar surface area (TPSA) is 69.4 Å². The predicted octanol–water partition coefficient (Wildman–Crippen LogP) is 2.48. The van der Waals surface area contributed by atoms with Crippen LogP contribution in [0.15, 0.2) is 24.3 Å². The summed E-state index contributed by atoms with van der Waals surface area (Å²) < 4.78 is 5.15. The minimum atomic E-state index is -0.516. The monoisotopic (exact) mass is 237 g/mol. The van der Waals surface area contributed by atoms with Gasteiger partial charge in [-0.2, -0.15) is 0 Å². The summed E-state index contributed by atoms with van der Waals surface area (Å²) in [6.07, 6.45) is 0.120. The molecule has 0 unspecified atom stereocenters. The van der Waals surface area contributed by atoms with Crippen molar-refractivity contribution in [1.29, 1.82) is 0 Å². The maximum Gasteiger partial charge on any atom is 0.310 e. The molecule has 0 aromatic heterocycles. The summed E-state index contributed by atoms with van der Waals surface area (Å²) in [5.41, 5.74) is 0.195. The van der Waals surface area contributed by atoms with Crippen LogP contribution in [0.25, 0.3) is 0 Å². The van der Waals surface area contributed by atoms with E-state index in [0.29, 0.717) is 5.56 Å². The molecule has 0 radical (unpaired) electrons. The summed E-state index contributed by atoms with van der Waals surface area (Å²) in [6, 6.07) is 5.86. The Morgan fingerprint density at radius 3 is 2.24 bits per heavy atom. The first-order chi connectivity index (χ1) is 7.78. The lowest BCUT2D eigenvalue weighted by Crippen LogP contribution is -2.24. The van der Waals surface area contributed by atoms with Gasteiger partial charge in [0.05, 0.1) is 11.3 Å². The van der Waals surface area contributed by atoms with Crippen LogP contribution in [-0.4, -0.2) is 16.5 Å². The summed E-state index contributed by atoms with van der Waals surface area (Å²) in [4.78, 5) is 21.5. The van der Waals surface area contributed by atoms with Gasteiger partial charge in [0.2, 0.25) is 0 Å². The van der Waals surface area contributed by atoms with Gasteiger partial charge < -0.3 is 4.74 Å². The van der Waals surface area contributed by atoms with Crippen molar-refractivity contribution in [2.45, 2.75) is 32.8 Å². The van der Waals surface area contributed by atoms with Gasteiger partial charge in [-0.25, -0.2) is 0 Å². The molecule has 0 saturated carbocycles. The van der Waals surface area contributed by atoms with Gasteiger partial charge in [-0.05, 0) is 26.3 Å². The Kier molecular flexibility index (Phi) is 3.83. The third-order valence-electron chi connectivity index (χ3n) is 1.92. The van der Waals surface area contributed by atoms with E-state index in [1.165, 1.54) is 12.1 Å².